The molecule has 90 valence electrons. The van der Waals surface area contributed by atoms with E-state index in [2.05, 4.69) is 19.3 Å². The molecule has 2 heterocycles. The number of anilines is 1. The van der Waals surface area contributed by atoms with Crippen LogP contribution in [0.15, 0.2) is 17.1 Å². The topological polar surface area (TPSA) is 74.8 Å². The lowest BCUT2D eigenvalue weighted by Gasteiger charge is -2.13. The summed E-state index contributed by atoms with van der Waals surface area (Å²) in [6, 6.07) is 1.40. The lowest BCUT2D eigenvalue weighted by Crippen LogP contribution is -2.22. The van der Waals surface area contributed by atoms with Crippen molar-refractivity contribution in [1.82, 2.24) is 19.3 Å². The molecular formula is C10H13N5OS. The SMILES string of the molecule is Cc1nsc(N(C)CCc2nccc(=O)[nH]2)n1. The highest BCUT2D eigenvalue weighted by Crippen LogP contribution is 2.14. The molecule has 0 unspecified atom stereocenters. The molecule has 0 spiro atoms. The van der Waals surface area contributed by atoms with E-state index in [9.17, 15) is 4.79 Å². The normalized spacial score (nSPS) is 10.5. The highest BCUT2D eigenvalue weighted by atomic mass is 32.1. The van der Waals surface area contributed by atoms with Crippen molar-refractivity contribution >= 4 is 16.7 Å². The summed E-state index contributed by atoms with van der Waals surface area (Å²) in [4.78, 5) is 24.1. The number of hydrogen-bond acceptors (Lipinski definition) is 6. The van der Waals surface area contributed by atoms with Crippen LogP contribution in [0.5, 0.6) is 0 Å². The first-order valence-corrected chi connectivity index (χ1v) is 5.98. The molecular weight excluding hydrogens is 238 g/mol. The maximum atomic E-state index is 11.1. The highest BCUT2D eigenvalue weighted by Gasteiger charge is 2.06. The second-order valence-electron chi connectivity index (χ2n) is 3.68. The van der Waals surface area contributed by atoms with Gasteiger partial charge in [0, 0.05) is 43.8 Å². The first-order chi connectivity index (χ1) is 8.15. The smallest absolute Gasteiger partial charge is 0.250 e. The minimum Gasteiger partial charge on any atom is -0.349 e. The molecule has 0 aliphatic rings. The van der Waals surface area contributed by atoms with Gasteiger partial charge in [-0.3, -0.25) is 4.79 Å². The van der Waals surface area contributed by atoms with E-state index in [0.29, 0.717) is 12.2 Å². The molecule has 0 aromatic carbocycles. The Hall–Kier alpha value is -1.76. The molecule has 17 heavy (non-hydrogen) atoms. The van der Waals surface area contributed by atoms with Crippen molar-refractivity contribution in [3.05, 3.63) is 34.3 Å². The molecule has 0 saturated heterocycles. The van der Waals surface area contributed by atoms with E-state index in [4.69, 9.17) is 0 Å². The van der Waals surface area contributed by atoms with Gasteiger partial charge in [0.2, 0.25) is 5.13 Å². The zero-order valence-corrected chi connectivity index (χ0v) is 10.5. The first kappa shape index (κ1) is 11.7. The van der Waals surface area contributed by atoms with Crippen LogP contribution in [0.1, 0.15) is 11.6 Å². The Morgan fingerprint density at radius 1 is 1.53 bits per heavy atom. The van der Waals surface area contributed by atoms with Crippen molar-refractivity contribution < 1.29 is 0 Å². The summed E-state index contributed by atoms with van der Waals surface area (Å²) in [7, 11) is 1.95. The van der Waals surface area contributed by atoms with Crippen molar-refractivity contribution in [3.8, 4) is 0 Å². The zero-order chi connectivity index (χ0) is 12.3. The number of hydrogen-bond donors (Lipinski definition) is 1. The van der Waals surface area contributed by atoms with Crippen LogP contribution in [0.2, 0.25) is 0 Å². The number of nitrogens with zero attached hydrogens (tertiary/aromatic N) is 4. The van der Waals surface area contributed by atoms with E-state index in [1.807, 2.05) is 18.9 Å². The van der Waals surface area contributed by atoms with Crippen LogP contribution in [0.4, 0.5) is 5.13 Å². The predicted molar refractivity (Wildman–Crippen MR) is 66.5 cm³/mol. The van der Waals surface area contributed by atoms with Gasteiger partial charge in [0.1, 0.15) is 11.6 Å². The van der Waals surface area contributed by atoms with E-state index < -0.39 is 0 Å². The van der Waals surface area contributed by atoms with Crippen LogP contribution in [-0.4, -0.2) is 32.9 Å². The first-order valence-electron chi connectivity index (χ1n) is 5.21. The molecule has 0 bridgehead atoms. The zero-order valence-electron chi connectivity index (χ0n) is 9.67. The van der Waals surface area contributed by atoms with Crippen LogP contribution < -0.4 is 10.5 Å². The summed E-state index contributed by atoms with van der Waals surface area (Å²) in [6.07, 6.45) is 2.19. The fourth-order valence-corrected chi connectivity index (χ4v) is 2.01. The number of aromatic amines is 1. The van der Waals surface area contributed by atoms with Gasteiger partial charge in [0.15, 0.2) is 0 Å². The third-order valence-corrected chi connectivity index (χ3v) is 3.17. The van der Waals surface area contributed by atoms with Crippen LogP contribution in [0.3, 0.4) is 0 Å². The number of likely N-dealkylation sites (N-methyl/N-ethyl adjacent to an activating group) is 1. The Balaban J connectivity index is 1.96. The highest BCUT2D eigenvalue weighted by molar-refractivity contribution is 7.09. The van der Waals surface area contributed by atoms with Crippen molar-refractivity contribution in [2.45, 2.75) is 13.3 Å². The lowest BCUT2D eigenvalue weighted by atomic mass is 10.4. The third kappa shape index (κ3) is 3.10. The fourth-order valence-electron chi connectivity index (χ4n) is 1.35. The quantitative estimate of drug-likeness (QED) is 0.861. The maximum Gasteiger partial charge on any atom is 0.250 e. The summed E-state index contributed by atoms with van der Waals surface area (Å²) in [5.41, 5.74) is -0.121. The molecule has 2 aromatic rings. The maximum absolute atomic E-state index is 11.1. The molecule has 7 heteroatoms. The molecule has 0 saturated carbocycles. The van der Waals surface area contributed by atoms with E-state index >= 15 is 0 Å². The molecule has 6 nitrogen and oxygen atoms in total. The molecule has 2 aromatic heterocycles. The molecule has 0 aliphatic carbocycles. The van der Waals surface area contributed by atoms with Crippen LogP contribution >= 0.6 is 11.5 Å². The van der Waals surface area contributed by atoms with Crippen LogP contribution in [0, 0.1) is 6.92 Å². The van der Waals surface area contributed by atoms with Crippen molar-refractivity contribution in [1.29, 1.82) is 0 Å². The van der Waals surface area contributed by atoms with Gasteiger partial charge < -0.3 is 9.88 Å². The van der Waals surface area contributed by atoms with Gasteiger partial charge in [-0.1, -0.05) is 0 Å². The van der Waals surface area contributed by atoms with E-state index in [1.54, 1.807) is 0 Å². The second-order valence-corrected chi connectivity index (χ2v) is 4.41. The summed E-state index contributed by atoms with van der Waals surface area (Å²) in [5.74, 6) is 1.47. The summed E-state index contributed by atoms with van der Waals surface area (Å²) >= 11 is 1.37. The Bertz CT molecular complexity index is 549. The molecule has 0 radical (unpaired) electrons. The molecule has 2 rings (SSSR count). The molecule has 0 amide bonds. The summed E-state index contributed by atoms with van der Waals surface area (Å²) in [6.45, 7) is 2.60. The minimum absolute atomic E-state index is 0.121. The van der Waals surface area contributed by atoms with Crippen molar-refractivity contribution in [2.24, 2.45) is 0 Å². The minimum atomic E-state index is -0.121. The van der Waals surface area contributed by atoms with Crippen molar-refractivity contribution in [3.63, 3.8) is 0 Å². The molecule has 0 fully saturated rings. The van der Waals surface area contributed by atoms with Gasteiger partial charge in [-0.2, -0.15) is 4.37 Å². The van der Waals surface area contributed by atoms with Crippen LogP contribution in [0.25, 0.3) is 0 Å². The largest absolute Gasteiger partial charge is 0.349 e. The van der Waals surface area contributed by atoms with Gasteiger partial charge in [0.05, 0.1) is 0 Å². The Kier molecular flexibility index (Phi) is 3.48. The van der Waals surface area contributed by atoms with Gasteiger partial charge in [-0.25, -0.2) is 9.97 Å². The number of nitrogens with one attached hydrogen (secondary N) is 1. The number of aromatic nitrogens is 4. The van der Waals surface area contributed by atoms with Crippen LogP contribution in [-0.2, 0) is 6.42 Å². The van der Waals surface area contributed by atoms with Gasteiger partial charge in [-0.05, 0) is 6.92 Å². The average Bonchev–Trinajstić information content (AvgIpc) is 2.73. The Morgan fingerprint density at radius 2 is 2.35 bits per heavy atom. The van der Waals surface area contributed by atoms with E-state index in [0.717, 1.165) is 17.5 Å². The third-order valence-electron chi connectivity index (χ3n) is 2.25. The Morgan fingerprint density at radius 3 is 3.00 bits per heavy atom. The van der Waals surface area contributed by atoms with E-state index in [1.165, 1.54) is 23.8 Å². The average molecular weight is 251 g/mol. The monoisotopic (exact) mass is 251 g/mol. The van der Waals surface area contributed by atoms with Gasteiger partial charge >= 0.3 is 0 Å². The number of H-pyrrole nitrogens is 1. The predicted octanol–water partition coefficient (Wildman–Crippen LogP) is 0.609. The lowest BCUT2D eigenvalue weighted by molar-refractivity contribution is 0.808. The number of rotatable bonds is 4. The van der Waals surface area contributed by atoms with Gasteiger partial charge in [0.25, 0.3) is 5.56 Å². The van der Waals surface area contributed by atoms with Gasteiger partial charge in [-0.15, -0.1) is 0 Å². The summed E-state index contributed by atoms with van der Waals surface area (Å²) < 4.78 is 4.12. The van der Waals surface area contributed by atoms with Crippen molar-refractivity contribution in [2.75, 3.05) is 18.5 Å². The molecule has 0 atom stereocenters. The molecule has 1 N–H and O–H groups in total. The summed E-state index contributed by atoms with van der Waals surface area (Å²) in [5, 5.41) is 0.876. The standard InChI is InChI=1S/C10H13N5OS/c1-7-12-10(17-14-7)15(2)6-4-8-11-5-3-9(16)13-8/h3,5H,4,6H2,1-2H3,(H,11,13,16). The molecule has 0 aliphatic heterocycles. The number of aryl methyl sites for hydroxylation is 1. The second kappa shape index (κ2) is 5.05. The van der Waals surface area contributed by atoms with E-state index in [-0.39, 0.29) is 5.56 Å². The Labute approximate surface area is 103 Å². The fraction of sp³-hybridized carbons (Fsp3) is 0.400.